The third kappa shape index (κ3) is 4.64. The lowest BCUT2D eigenvalue weighted by Crippen LogP contribution is -2.17. The van der Waals surface area contributed by atoms with Gasteiger partial charge in [0.2, 0.25) is 0 Å². The lowest BCUT2D eigenvalue weighted by molar-refractivity contribution is 0.302. The third-order valence-electron chi connectivity index (χ3n) is 4.82. The van der Waals surface area contributed by atoms with Gasteiger partial charge in [0.15, 0.2) is 0 Å². The predicted octanol–water partition coefficient (Wildman–Crippen LogP) is 5.84. The van der Waals surface area contributed by atoms with E-state index in [1.54, 1.807) is 0 Å². The first-order chi connectivity index (χ1) is 13.8. The number of hydrogen-bond donors (Lipinski definition) is 2. The quantitative estimate of drug-likeness (QED) is 0.341. The second kappa shape index (κ2) is 9.09. The normalized spacial score (nSPS) is 11.0. The summed E-state index contributed by atoms with van der Waals surface area (Å²) in [6.07, 6.45) is 3.10. The van der Waals surface area contributed by atoms with Gasteiger partial charge in [0.25, 0.3) is 0 Å². The van der Waals surface area contributed by atoms with Gasteiger partial charge in [-0.25, -0.2) is 0 Å². The molecule has 4 heteroatoms. The highest BCUT2D eigenvalue weighted by atomic mass is 79.9. The molecule has 0 radical (unpaired) electrons. The molecule has 0 aliphatic carbocycles. The van der Waals surface area contributed by atoms with Crippen molar-refractivity contribution in [2.75, 3.05) is 6.54 Å². The van der Waals surface area contributed by atoms with Crippen molar-refractivity contribution in [2.45, 2.75) is 19.6 Å². The summed E-state index contributed by atoms with van der Waals surface area (Å²) in [5, 5.41) is 4.86. The summed E-state index contributed by atoms with van der Waals surface area (Å²) in [4.78, 5) is 3.34. The Labute approximate surface area is 173 Å². The maximum absolute atomic E-state index is 6.07. The van der Waals surface area contributed by atoms with Crippen LogP contribution in [0.5, 0.6) is 5.75 Å². The van der Waals surface area contributed by atoms with E-state index in [1.165, 1.54) is 22.0 Å². The molecule has 0 bridgehead atoms. The number of aromatic nitrogens is 1. The monoisotopic (exact) mass is 434 g/mol. The molecule has 142 valence electrons. The van der Waals surface area contributed by atoms with Gasteiger partial charge in [0, 0.05) is 33.7 Å². The molecule has 0 saturated carbocycles. The van der Waals surface area contributed by atoms with Crippen LogP contribution in [0.25, 0.3) is 10.9 Å². The smallest absolute Gasteiger partial charge is 0.124 e. The molecule has 1 aromatic heterocycles. The zero-order chi connectivity index (χ0) is 19.2. The number of nitrogens with one attached hydrogen (secondary N) is 2. The van der Waals surface area contributed by atoms with Gasteiger partial charge in [-0.2, -0.15) is 0 Å². The Morgan fingerprint density at radius 3 is 2.61 bits per heavy atom. The van der Waals surface area contributed by atoms with Crippen LogP contribution in [-0.2, 0) is 19.6 Å². The molecule has 0 spiro atoms. The molecule has 3 aromatic carbocycles. The minimum atomic E-state index is 0.574. The number of halogens is 1. The fourth-order valence-electron chi connectivity index (χ4n) is 3.35. The fraction of sp³-hybridized carbons (Fsp3) is 0.167. The Balaban J connectivity index is 1.35. The Morgan fingerprint density at radius 1 is 0.893 bits per heavy atom. The number of fused-ring (bicyclic) bond motifs is 1. The zero-order valence-electron chi connectivity index (χ0n) is 15.6. The molecule has 0 unspecified atom stereocenters. The van der Waals surface area contributed by atoms with Gasteiger partial charge in [-0.15, -0.1) is 0 Å². The number of benzene rings is 3. The van der Waals surface area contributed by atoms with Crippen LogP contribution in [0.3, 0.4) is 0 Å². The highest BCUT2D eigenvalue weighted by molar-refractivity contribution is 9.10. The Bertz CT molecular complexity index is 1040. The van der Waals surface area contributed by atoms with Gasteiger partial charge in [-0.1, -0.05) is 64.5 Å². The number of para-hydroxylation sites is 1. The first-order valence-corrected chi connectivity index (χ1v) is 10.3. The van der Waals surface area contributed by atoms with E-state index < -0.39 is 0 Å². The van der Waals surface area contributed by atoms with Gasteiger partial charge in [0.1, 0.15) is 12.4 Å². The lowest BCUT2D eigenvalue weighted by Gasteiger charge is -2.13. The number of hydrogen-bond acceptors (Lipinski definition) is 2. The number of ether oxygens (including phenoxy) is 1. The SMILES string of the molecule is Brc1ccc(OCc2ccccc2)c(CNCCc2c[nH]c3ccccc23)c1. The maximum atomic E-state index is 6.07. The van der Waals surface area contributed by atoms with Crippen molar-refractivity contribution >= 4 is 26.8 Å². The molecule has 0 aliphatic rings. The minimum absolute atomic E-state index is 0.574. The second-order valence-corrected chi connectivity index (χ2v) is 7.73. The molecule has 4 rings (SSSR count). The van der Waals surface area contributed by atoms with Gasteiger partial charge in [-0.3, -0.25) is 0 Å². The number of H-pyrrole nitrogens is 1. The first kappa shape index (κ1) is 18.8. The van der Waals surface area contributed by atoms with Gasteiger partial charge >= 0.3 is 0 Å². The minimum Gasteiger partial charge on any atom is -0.489 e. The van der Waals surface area contributed by atoms with E-state index in [0.29, 0.717) is 6.61 Å². The fourth-order valence-corrected chi connectivity index (χ4v) is 3.76. The Kier molecular flexibility index (Phi) is 6.10. The van der Waals surface area contributed by atoms with Crippen LogP contribution in [0.15, 0.2) is 83.5 Å². The van der Waals surface area contributed by atoms with Crippen molar-refractivity contribution in [2.24, 2.45) is 0 Å². The number of aromatic amines is 1. The molecule has 4 aromatic rings. The van der Waals surface area contributed by atoms with Crippen LogP contribution in [0, 0.1) is 0 Å². The molecular weight excluding hydrogens is 412 g/mol. The van der Waals surface area contributed by atoms with E-state index in [1.807, 2.05) is 30.3 Å². The standard InChI is InChI=1S/C24H23BrN2O/c25-21-10-11-24(28-17-18-6-2-1-3-7-18)20(14-21)15-26-13-12-19-16-27-23-9-5-4-8-22(19)23/h1-11,14,16,26-27H,12-13,15,17H2. The highest BCUT2D eigenvalue weighted by Gasteiger charge is 2.07. The summed E-state index contributed by atoms with van der Waals surface area (Å²) in [5.74, 6) is 0.923. The predicted molar refractivity (Wildman–Crippen MR) is 119 cm³/mol. The molecular formula is C24H23BrN2O. The van der Waals surface area contributed by atoms with E-state index >= 15 is 0 Å². The lowest BCUT2D eigenvalue weighted by atomic mass is 10.1. The summed E-state index contributed by atoms with van der Waals surface area (Å²) >= 11 is 3.57. The molecule has 1 heterocycles. The van der Waals surface area contributed by atoms with E-state index in [4.69, 9.17) is 4.74 Å². The molecule has 0 saturated heterocycles. The second-order valence-electron chi connectivity index (χ2n) is 6.81. The van der Waals surface area contributed by atoms with Crippen molar-refractivity contribution in [1.29, 1.82) is 0 Å². The molecule has 0 aliphatic heterocycles. The third-order valence-corrected chi connectivity index (χ3v) is 5.31. The average molecular weight is 435 g/mol. The maximum Gasteiger partial charge on any atom is 0.124 e. The van der Waals surface area contributed by atoms with Crippen LogP contribution in [0.4, 0.5) is 0 Å². The topological polar surface area (TPSA) is 37.0 Å². The molecule has 0 fully saturated rings. The van der Waals surface area contributed by atoms with Crippen molar-refractivity contribution in [1.82, 2.24) is 10.3 Å². The molecule has 2 N–H and O–H groups in total. The van der Waals surface area contributed by atoms with Crippen LogP contribution in [-0.4, -0.2) is 11.5 Å². The molecule has 28 heavy (non-hydrogen) atoms. The Hall–Kier alpha value is -2.56. The van der Waals surface area contributed by atoms with E-state index in [-0.39, 0.29) is 0 Å². The summed E-state index contributed by atoms with van der Waals surface area (Å²) in [6.45, 7) is 2.25. The van der Waals surface area contributed by atoms with Crippen LogP contribution < -0.4 is 10.1 Å². The van der Waals surface area contributed by atoms with Gasteiger partial charge in [-0.05, 0) is 48.4 Å². The largest absolute Gasteiger partial charge is 0.489 e. The molecule has 0 atom stereocenters. The van der Waals surface area contributed by atoms with Crippen molar-refractivity contribution in [3.05, 3.63) is 100 Å². The van der Waals surface area contributed by atoms with Crippen LogP contribution in [0.1, 0.15) is 16.7 Å². The van der Waals surface area contributed by atoms with E-state index in [9.17, 15) is 0 Å². The Morgan fingerprint density at radius 2 is 1.71 bits per heavy atom. The zero-order valence-corrected chi connectivity index (χ0v) is 17.2. The summed E-state index contributed by atoms with van der Waals surface area (Å²) in [5.41, 5.74) is 4.87. The average Bonchev–Trinajstić information content (AvgIpc) is 3.14. The van der Waals surface area contributed by atoms with Crippen LogP contribution >= 0.6 is 15.9 Å². The van der Waals surface area contributed by atoms with Gasteiger partial charge < -0.3 is 15.0 Å². The number of rotatable bonds is 8. The summed E-state index contributed by atoms with van der Waals surface area (Å²) in [6, 6.07) is 24.9. The summed E-state index contributed by atoms with van der Waals surface area (Å²) in [7, 11) is 0. The van der Waals surface area contributed by atoms with E-state index in [0.717, 1.165) is 35.3 Å². The molecule has 0 amide bonds. The van der Waals surface area contributed by atoms with Crippen molar-refractivity contribution < 1.29 is 4.74 Å². The van der Waals surface area contributed by atoms with Crippen molar-refractivity contribution in [3.8, 4) is 5.75 Å². The first-order valence-electron chi connectivity index (χ1n) is 9.50. The highest BCUT2D eigenvalue weighted by Crippen LogP contribution is 2.24. The van der Waals surface area contributed by atoms with Crippen LogP contribution in [0.2, 0.25) is 0 Å². The van der Waals surface area contributed by atoms with Crippen molar-refractivity contribution in [3.63, 3.8) is 0 Å². The van der Waals surface area contributed by atoms with Gasteiger partial charge in [0.05, 0.1) is 0 Å². The van der Waals surface area contributed by atoms with E-state index in [2.05, 4.69) is 74.9 Å². The summed E-state index contributed by atoms with van der Waals surface area (Å²) < 4.78 is 7.14. The molecule has 3 nitrogen and oxygen atoms in total.